The molecule has 0 radical (unpaired) electrons. The van der Waals surface area contributed by atoms with E-state index >= 15 is 0 Å². The molecule has 1 aliphatic rings. The fourth-order valence-electron chi connectivity index (χ4n) is 4.21. The van der Waals surface area contributed by atoms with Gasteiger partial charge in [-0.2, -0.15) is 0 Å². The van der Waals surface area contributed by atoms with Crippen molar-refractivity contribution in [3.63, 3.8) is 0 Å². The molecule has 3 aromatic rings. The van der Waals surface area contributed by atoms with Crippen molar-refractivity contribution < 1.29 is 33.6 Å². The Morgan fingerprint density at radius 3 is 2.24 bits per heavy atom. The topological polar surface area (TPSA) is 83.5 Å². The zero-order valence-electron chi connectivity index (χ0n) is 19.3. The second kappa shape index (κ2) is 11.6. The van der Waals surface area contributed by atoms with Crippen molar-refractivity contribution >= 4 is 16.7 Å². The summed E-state index contributed by atoms with van der Waals surface area (Å²) in [6.45, 7) is 1.56. The van der Waals surface area contributed by atoms with Crippen LogP contribution in [0.2, 0.25) is 0 Å². The van der Waals surface area contributed by atoms with Gasteiger partial charge in [-0.05, 0) is 28.0 Å². The SMILES string of the molecule is COC1OC(CO)[C@H](OCc2ccccc2)[C@H](OCc2ccc3ccccc3c2)[C@H]1OC(C)=O. The maximum Gasteiger partial charge on any atom is 0.303 e. The van der Waals surface area contributed by atoms with E-state index in [9.17, 15) is 9.90 Å². The molecular weight excluding hydrogens is 436 g/mol. The van der Waals surface area contributed by atoms with Gasteiger partial charge in [-0.1, -0.05) is 66.7 Å². The van der Waals surface area contributed by atoms with Gasteiger partial charge in [0.05, 0.1) is 19.8 Å². The first-order chi connectivity index (χ1) is 16.6. The maximum absolute atomic E-state index is 11.9. The van der Waals surface area contributed by atoms with Gasteiger partial charge in [-0.3, -0.25) is 4.79 Å². The summed E-state index contributed by atoms with van der Waals surface area (Å²) in [5.41, 5.74) is 1.92. The fourth-order valence-corrected chi connectivity index (χ4v) is 4.21. The molecule has 0 amide bonds. The smallest absolute Gasteiger partial charge is 0.303 e. The van der Waals surface area contributed by atoms with Gasteiger partial charge in [0.2, 0.25) is 0 Å². The molecule has 34 heavy (non-hydrogen) atoms. The summed E-state index contributed by atoms with van der Waals surface area (Å²) in [5, 5.41) is 12.3. The Bertz CT molecular complexity index is 1070. The molecule has 180 valence electrons. The molecule has 1 heterocycles. The molecule has 3 aromatic carbocycles. The number of hydrogen-bond donors (Lipinski definition) is 1. The Hall–Kier alpha value is -2.81. The summed E-state index contributed by atoms with van der Waals surface area (Å²) < 4.78 is 29.4. The van der Waals surface area contributed by atoms with Gasteiger partial charge in [0.1, 0.15) is 18.3 Å². The monoisotopic (exact) mass is 466 g/mol. The van der Waals surface area contributed by atoms with Crippen molar-refractivity contribution in [3.8, 4) is 0 Å². The number of rotatable bonds is 9. The molecule has 7 nitrogen and oxygen atoms in total. The number of hydrogen-bond acceptors (Lipinski definition) is 7. The third-order valence-electron chi connectivity index (χ3n) is 5.85. The number of aliphatic hydroxyl groups excluding tert-OH is 1. The highest BCUT2D eigenvalue weighted by Gasteiger charge is 2.49. The molecular formula is C27H30O7. The number of carbonyl (C=O) groups is 1. The second-order valence-electron chi connectivity index (χ2n) is 8.25. The molecule has 1 fully saturated rings. The van der Waals surface area contributed by atoms with Crippen LogP contribution >= 0.6 is 0 Å². The fraction of sp³-hybridized carbons (Fsp3) is 0.370. The zero-order valence-corrected chi connectivity index (χ0v) is 19.3. The van der Waals surface area contributed by atoms with E-state index in [0.717, 1.165) is 21.9 Å². The van der Waals surface area contributed by atoms with Crippen LogP contribution in [0.4, 0.5) is 0 Å². The largest absolute Gasteiger partial charge is 0.454 e. The minimum Gasteiger partial charge on any atom is -0.454 e. The van der Waals surface area contributed by atoms with Crippen LogP contribution in [-0.4, -0.2) is 55.5 Å². The van der Waals surface area contributed by atoms with Gasteiger partial charge in [-0.15, -0.1) is 0 Å². The Morgan fingerprint density at radius 2 is 1.53 bits per heavy atom. The molecule has 0 bridgehead atoms. The lowest BCUT2D eigenvalue weighted by atomic mass is 9.98. The number of esters is 1. The van der Waals surface area contributed by atoms with E-state index in [1.807, 2.05) is 60.7 Å². The average Bonchev–Trinajstić information content (AvgIpc) is 2.86. The third kappa shape index (κ3) is 5.81. The van der Waals surface area contributed by atoms with E-state index in [1.54, 1.807) is 0 Å². The van der Waals surface area contributed by atoms with E-state index in [1.165, 1.54) is 14.0 Å². The molecule has 4 rings (SSSR count). The number of fused-ring (bicyclic) bond motifs is 1. The number of ether oxygens (including phenoxy) is 5. The summed E-state index contributed by atoms with van der Waals surface area (Å²) in [6, 6.07) is 23.9. The van der Waals surface area contributed by atoms with Gasteiger partial charge in [0.25, 0.3) is 0 Å². The van der Waals surface area contributed by atoms with Crippen molar-refractivity contribution in [3.05, 3.63) is 83.9 Å². The molecule has 1 N–H and O–H groups in total. The first-order valence-corrected chi connectivity index (χ1v) is 11.3. The number of methoxy groups -OCH3 is 1. The van der Waals surface area contributed by atoms with E-state index in [-0.39, 0.29) is 19.8 Å². The van der Waals surface area contributed by atoms with Gasteiger partial charge < -0.3 is 28.8 Å². The molecule has 1 aliphatic heterocycles. The number of benzene rings is 3. The average molecular weight is 467 g/mol. The highest BCUT2D eigenvalue weighted by atomic mass is 16.7. The summed E-state index contributed by atoms with van der Waals surface area (Å²) in [6.07, 6.45) is -3.91. The number of carbonyl (C=O) groups excluding carboxylic acids is 1. The number of aliphatic hydroxyl groups is 1. The van der Waals surface area contributed by atoms with Crippen LogP contribution in [0, 0.1) is 0 Å². The van der Waals surface area contributed by atoms with Gasteiger partial charge in [0.15, 0.2) is 12.4 Å². The molecule has 2 unspecified atom stereocenters. The lowest BCUT2D eigenvalue weighted by molar-refractivity contribution is -0.313. The lowest BCUT2D eigenvalue weighted by Crippen LogP contribution is -2.61. The van der Waals surface area contributed by atoms with Crippen molar-refractivity contribution in [1.29, 1.82) is 0 Å². The van der Waals surface area contributed by atoms with Gasteiger partial charge >= 0.3 is 5.97 Å². The molecule has 0 spiro atoms. The predicted octanol–water partition coefficient (Wildman–Crippen LogP) is 3.61. The standard InChI is InChI=1S/C27H30O7/c1-18(29)33-26-25(32-17-20-12-13-21-10-6-7-11-22(21)14-20)24(23(15-28)34-27(26)30-2)31-16-19-8-4-3-5-9-19/h3-14,23-28H,15-17H2,1-2H3/t23?,24-,25-,26+,27?/m0/s1. The Labute approximate surface area is 199 Å². The Kier molecular flexibility index (Phi) is 8.26. The van der Waals surface area contributed by atoms with Crippen molar-refractivity contribution in [1.82, 2.24) is 0 Å². The van der Waals surface area contributed by atoms with Crippen molar-refractivity contribution in [2.24, 2.45) is 0 Å². The summed E-state index contributed by atoms with van der Waals surface area (Å²) in [5.74, 6) is -0.487. The highest BCUT2D eigenvalue weighted by Crippen LogP contribution is 2.30. The Morgan fingerprint density at radius 1 is 0.853 bits per heavy atom. The summed E-state index contributed by atoms with van der Waals surface area (Å²) in [7, 11) is 1.46. The highest BCUT2D eigenvalue weighted by molar-refractivity contribution is 5.82. The molecule has 0 aromatic heterocycles. The first-order valence-electron chi connectivity index (χ1n) is 11.3. The maximum atomic E-state index is 11.9. The first kappa shape index (κ1) is 24.3. The van der Waals surface area contributed by atoms with Crippen LogP contribution in [0.1, 0.15) is 18.1 Å². The van der Waals surface area contributed by atoms with Crippen LogP contribution < -0.4 is 0 Å². The normalized spacial score (nSPS) is 24.7. The molecule has 0 saturated carbocycles. The van der Waals surface area contributed by atoms with Gasteiger partial charge in [-0.25, -0.2) is 0 Å². The van der Waals surface area contributed by atoms with Crippen molar-refractivity contribution in [2.75, 3.05) is 13.7 Å². The van der Waals surface area contributed by atoms with Crippen LogP contribution in [0.25, 0.3) is 10.8 Å². The van der Waals surface area contributed by atoms with E-state index in [4.69, 9.17) is 23.7 Å². The van der Waals surface area contributed by atoms with Crippen LogP contribution in [-0.2, 0) is 41.7 Å². The van der Waals surface area contributed by atoms with Crippen molar-refractivity contribution in [2.45, 2.75) is 50.8 Å². The summed E-state index contributed by atoms with van der Waals surface area (Å²) >= 11 is 0. The third-order valence-corrected chi connectivity index (χ3v) is 5.85. The molecule has 7 heteroatoms. The zero-order chi connectivity index (χ0) is 23.9. The Balaban J connectivity index is 1.58. The summed E-state index contributed by atoms with van der Waals surface area (Å²) in [4.78, 5) is 11.9. The van der Waals surface area contributed by atoms with Crippen LogP contribution in [0.15, 0.2) is 72.8 Å². The minimum atomic E-state index is -0.903. The molecule has 5 atom stereocenters. The lowest BCUT2D eigenvalue weighted by Gasteiger charge is -2.44. The minimum absolute atomic E-state index is 0.257. The second-order valence-corrected chi connectivity index (χ2v) is 8.25. The van der Waals surface area contributed by atoms with Gasteiger partial charge in [0, 0.05) is 14.0 Å². The van der Waals surface area contributed by atoms with E-state index in [0.29, 0.717) is 0 Å². The van der Waals surface area contributed by atoms with Crippen LogP contribution in [0.3, 0.4) is 0 Å². The predicted molar refractivity (Wildman–Crippen MR) is 126 cm³/mol. The van der Waals surface area contributed by atoms with E-state index in [2.05, 4.69) is 12.1 Å². The van der Waals surface area contributed by atoms with Crippen LogP contribution in [0.5, 0.6) is 0 Å². The quantitative estimate of drug-likeness (QED) is 0.483. The molecule has 1 saturated heterocycles. The van der Waals surface area contributed by atoms with E-state index < -0.39 is 36.7 Å². The molecule has 0 aliphatic carbocycles.